The Morgan fingerprint density at radius 3 is 2.32 bits per heavy atom. The Morgan fingerprint density at radius 1 is 1.00 bits per heavy atom. The van der Waals surface area contributed by atoms with Gasteiger partial charge in [-0.2, -0.15) is 0 Å². The summed E-state index contributed by atoms with van der Waals surface area (Å²) in [5, 5.41) is 3.26. The van der Waals surface area contributed by atoms with Crippen LogP contribution in [0.2, 0.25) is 0 Å². The van der Waals surface area contributed by atoms with E-state index >= 15 is 0 Å². The fraction of sp³-hybridized carbons (Fsp3) is 0.517. The van der Waals surface area contributed by atoms with Crippen molar-refractivity contribution >= 4 is 23.6 Å². The number of nitrogens with zero attached hydrogens (tertiary/aromatic N) is 1. The van der Waals surface area contributed by atoms with Crippen LogP contribution >= 0.6 is 11.8 Å². The number of hydrogen-bond donors (Lipinski definition) is 1. The Morgan fingerprint density at radius 2 is 1.68 bits per heavy atom. The van der Waals surface area contributed by atoms with Gasteiger partial charge in [0.15, 0.2) is 0 Å². The molecule has 1 atom stereocenters. The monoisotopic (exact) mass is 480 g/mol. The van der Waals surface area contributed by atoms with Crippen molar-refractivity contribution in [3.8, 4) is 0 Å². The predicted molar refractivity (Wildman–Crippen MR) is 143 cm³/mol. The fourth-order valence-electron chi connectivity index (χ4n) is 4.93. The summed E-state index contributed by atoms with van der Waals surface area (Å²) < 4.78 is 0. The SMILES string of the molecule is CCC(C(=O)NC1CCCCC1)N(CCc1ccccc1)C(=O)CSCc1cc(C)cc(C)c1. The molecule has 5 heteroatoms. The molecule has 184 valence electrons. The number of amides is 2. The molecule has 2 amide bonds. The summed E-state index contributed by atoms with van der Waals surface area (Å²) in [7, 11) is 0. The highest BCUT2D eigenvalue weighted by atomic mass is 32.2. The lowest BCUT2D eigenvalue weighted by Crippen LogP contribution is -2.52. The van der Waals surface area contributed by atoms with Gasteiger partial charge in [-0.3, -0.25) is 9.59 Å². The number of carbonyl (C=O) groups is 2. The van der Waals surface area contributed by atoms with Gasteiger partial charge in [0.05, 0.1) is 5.75 Å². The van der Waals surface area contributed by atoms with Crippen molar-refractivity contribution in [3.63, 3.8) is 0 Å². The second-order valence-electron chi connectivity index (χ2n) is 9.58. The molecule has 1 fully saturated rings. The minimum absolute atomic E-state index is 0.00937. The lowest BCUT2D eigenvalue weighted by atomic mass is 9.95. The summed E-state index contributed by atoms with van der Waals surface area (Å²) in [6.45, 7) is 6.78. The van der Waals surface area contributed by atoms with Gasteiger partial charge >= 0.3 is 0 Å². The smallest absolute Gasteiger partial charge is 0.243 e. The summed E-state index contributed by atoms with van der Waals surface area (Å²) in [6.07, 6.45) is 7.07. The third kappa shape index (κ3) is 8.19. The third-order valence-corrected chi connectivity index (χ3v) is 7.59. The summed E-state index contributed by atoms with van der Waals surface area (Å²) in [5.41, 5.74) is 4.92. The third-order valence-electron chi connectivity index (χ3n) is 6.60. The van der Waals surface area contributed by atoms with Crippen molar-refractivity contribution in [2.75, 3.05) is 12.3 Å². The topological polar surface area (TPSA) is 49.4 Å². The molecule has 0 spiro atoms. The van der Waals surface area contributed by atoms with E-state index in [0.717, 1.165) is 25.0 Å². The first-order valence-electron chi connectivity index (χ1n) is 12.7. The van der Waals surface area contributed by atoms with E-state index in [0.29, 0.717) is 18.7 Å². The molecular weight excluding hydrogens is 440 g/mol. The van der Waals surface area contributed by atoms with Crippen LogP contribution in [-0.2, 0) is 21.8 Å². The standard InChI is InChI=1S/C29H40N2O2S/c1-4-27(29(33)30-26-13-9-6-10-14-26)31(16-15-24-11-7-5-8-12-24)28(32)21-34-20-25-18-22(2)17-23(3)19-25/h5,7-8,11-12,17-19,26-27H,4,6,9-10,13-16,20-21H2,1-3H3,(H,30,33). The molecule has 0 radical (unpaired) electrons. The van der Waals surface area contributed by atoms with E-state index < -0.39 is 6.04 Å². The fourth-order valence-corrected chi connectivity index (χ4v) is 5.78. The highest BCUT2D eigenvalue weighted by Gasteiger charge is 2.29. The molecule has 2 aromatic carbocycles. The van der Waals surface area contributed by atoms with Gasteiger partial charge in [-0.15, -0.1) is 11.8 Å². The zero-order valence-corrected chi connectivity index (χ0v) is 21.8. The average Bonchev–Trinajstić information content (AvgIpc) is 2.82. The molecule has 3 rings (SSSR count). The van der Waals surface area contributed by atoms with Crippen LogP contribution in [0.25, 0.3) is 0 Å². The lowest BCUT2D eigenvalue weighted by molar-refractivity contribution is -0.139. The number of aryl methyl sites for hydroxylation is 2. The molecule has 0 heterocycles. The van der Waals surface area contributed by atoms with Gasteiger partial charge in [-0.05, 0) is 50.7 Å². The summed E-state index contributed by atoms with van der Waals surface area (Å²) in [4.78, 5) is 28.5. The average molecular weight is 481 g/mol. The molecule has 4 nitrogen and oxygen atoms in total. The minimum atomic E-state index is -0.417. The van der Waals surface area contributed by atoms with E-state index in [2.05, 4.69) is 49.5 Å². The van der Waals surface area contributed by atoms with E-state index in [1.165, 1.54) is 41.5 Å². The molecule has 34 heavy (non-hydrogen) atoms. The number of rotatable bonds is 11. The normalized spacial score (nSPS) is 15.0. The molecule has 0 aromatic heterocycles. The highest BCUT2D eigenvalue weighted by molar-refractivity contribution is 7.99. The van der Waals surface area contributed by atoms with Crippen molar-refractivity contribution in [1.82, 2.24) is 10.2 Å². The Hall–Kier alpha value is -2.27. The van der Waals surface area contributed by atoms with Gasteiger partial charge in [-0.1, -0.05) is 85.8 Å². The molecule has 1 unspecified atom stereocenters. The maximum Gasteiger partial charge on any atom is 0.243 e. The Kier molecular flexibility index (Phi) is 10.5. The molecule has 0 aliphatic heterocycles. The zero-order chi connectivity index (χ0) is 24.3. The Balaban J connectivity index is 1.65. The van der Waals surface area contributed by atoms with E-state index in [1.54, 1.807) is 11.8 Å². The van der Waals surface area contributed by atoms with Gasteiger partial charge < -0.3 is 10.2 Å². The first-order valence-corrected chi connectivity index (χ1v) is 13.9. The molecular formula is C29H40N2O2S. The quantitative estimate of drug-likeness (QED) is 0.440. The van der Waals surface area contributed by atoms with Crippen LogP contribution in [0, 0.1) is 13.8 Å². The first kappa shape index (κ1) is 26.3. The summed E-state index contributed by atoms with van der Waals surface area (Å²) in [6, 6.07) is 16.6. The van der Waals surface area contributed by atoms with E-state index in [-0.39, 0.29) is 17.9 Å². The first-order chi connectivity index (χ1) is 16.5. The van der Waals surface area contributed by atoms with Crippen LogP contribution < -0.4 is 5.32 Å². The van der Waals surface area contributed by atoms with Gasteiger partial charge in [0, 0.05) is 18.3 Å². The number of carbonyl (C=O) groups excluding carboxylic acids is 2. The van der Waals surface area contributed by atoms with Crippen LogP contribution in [0.4, 0.5) is 0 Å². The molecule has 1 aliphatic rings. The number of benzene rings is 2. The van der Waals surface area contributed by atoms with Crippen LogP contribution in [-0.4, -0.2) is 41.1 Å². The van der Waals surface area contributed by atoms with Crippen molar-refractivity contribution in [1.29, 1.82) is 0 Å². The van der Waals surface area contributed by atoms with Crippen molar-refractivity contribution in [2.24, 2.45) is 0 Å². The van der Waals surface area contributed by atoms with Crippen molar-refractivity contribution < 1.29 is 9.59 Å². The van der Waals surface area contributed by atoms with Gasteiger partial charge in [0.2, 0.25) is 11.8 Å². The largest absolute Gasteiger partial charge is 0.352 e. The predicted octanol–water partition coefficient (Wildman–Crippen LogP) is 5.84. The van der Waals surface area contributed by atoms with Gasteiger partial charge in [-0.25, -0.2) is 0 Å². The second kappa shape index (κ2) is 13.6. The Bertz CT molecular complexity index is 905. The maximum atomic E-state index is 13.4. The van der Waals surface area contributed by atoms with Crippen LogP contribution in [0.15, 0.2) is 48.5 Å². The molecule has 1 saturated carbocycles. The zero-order valence-electron chi connectivity index (χ0n) is 21.0. The van der Waals surface area contributed by atoms with Gasteiger partial charge in [0.1, 0.15) is 6.04 Å². The molecule has 2 aromatic rings. The number of hydrogen-bond acceptors (Lipinski definition) is 3. The van der Waals surface area contributed by atoms with Crippen LogP contribution in [0.5, 0.6) is 0 Å². The lowest BCUT2D eigenvalue weighted by Gasteiger charge is -2.32. The molecule has 1 aliphatic carbocycles. The molecule has 0 bridgehead atoms. The number of nitrogens with one attached hydrogen (secondary N) is 1. The summed E-state index contributed by atoms with van der Waals surface area (Å²) >= 11 is 1.63. The molecule has 0 saturated heterocycles. The van der Waals surface area contributed by atoms with Crippen molar-refractivity contribution in [3.05, 3.63) is 70.8 Å². The minimum Gasteiger partial charge on any atom is -0.352 e. The maximum absolute atomic E-state index is 13.4. The Labute approximate surface area is 209 Å². The van der Waals surface area contributed by atoms with Gasteiger partial charge in [0.25, 0.3) is 0 Å². The second-order valence-corrected chi connectivity index (χ2v) is 10.6. The van der Waals surface area contributed by atoms with Crippen LogP contribution in [0.3, 0.4) is 0 Å². The number of thioether (sulfide) groups is 1. The van der Waals surface area contributed by atoms with Crippen molar-refractivity contribution in [2.45, 2.75) is 83.6 Å². The molecule has 1 N–H and O–H groups in total. The van der Waals surface area contributed by atoms with E-state index in [9.17, 15) is 9.59 Å². The van der Waals surface area contributed by atoms with E-state index in [1.807, 2.05) is 30.0 Å². The summed E-state index contributed by atoms with van der Waals surface area (Å²) in [5.74, 6) is 1.24. The van der Waals surface area contributed by atoms with E-state index in [4.69, 9.17) is 0 Å². The van der Waals surface area contributed by atoms with Crippen LogP contribution in [0.1, 0.15) is 67.7 Å². The highest BCUT2D eigenvalue weighted by Crippen LogP contribution is 2.20.